The minimum atomic E-state index is -1.33. The predicted molar refractivity (Wildman–Crippen MR) is 301 cm³/mol. The summed E-state index contributed by atoms with van der Waals surface area (Å²) in [5, 5.41) is 0. The van der Waals surface area contributed by atoms with Crippen LogP contribution in [0, 0.1) is 0 Å². The monoisotopic (exact) mass is 1160 g/mol. The molecule has 8 atom stereocenters. The molecule has 21 heteroatoms. The van der Waals surface area contributed by atoms with Crippen LogP contribution in [-0.4, -0.2) is 122 Å². The summed E-state index contributed by atoms with van der Waals surface area (Å²) in [4.78, 5) is 40.9. The van der Waals surface area contributed by atoms with Gasteiger partial charge in [0.15, 0.2) is 65.0 Å². The number of hydrogen-bond donors (Lipinski definition) is 0. The summed E-state index contributed by atoms with van der Waals surface area (Å²) in [6.45, 7) is 3.91. The fraction of sp³-hybridized carbons (Fsp3) is 0.381. The van der Waals surface area contributed by atoms with Gasteiger partial charge in [0.1, 0.15) is 57.8 Å². The van der Waals surface area contributed by atoms with Gasteiger partial charge in [-0.05, 0) is 36.4 Å². The van der Waals surface area contributed by atoms with Crippen LogP contribution in [0.2, 0.25) is 0 Å². The van der Waals surface area contributed by atoms with Gasteiger partial charge in [0.25, 0.3) is 0 Å². The van der Waals surface area contributed by atoms with E-state index in [0.29, 0.717) is 102 Å². The molecule has 0 aliphatic carbocycles. The molecule has 0 bridgehead atoms. The van der Waals surface area contributed by atoms with Crippen molar-refractivity contribution < 1.29 is 99.6 Å². The van der Waals surface area contributed by atoms with Gasteiger partial charge in [0, 0.05) is 96.0 Å². The molecule has 0 fully saturated rings. The van der Waals surface area contributed by atoms with Crippen molar-refractivity contribution in [2.24, 2.45) is 0 Å². The molecule has 8 unspecified atom stereocenters. The number of rotatable bonds is 20. The third-order valence-electron chi connectivity index (χ3n) is 15.1. The van der Waals surface area contributed by atoms with Crippen molar-refractivity contribution in [1.29, 1.82) is 0 Å². The van der Waals surface area contributed by atoms with Crippen molar-refractivity contribution in [3.05, 3.63) is 123 Å². The minimum Gasteiger partial charge on any atom is -0.496 e. The zero-order chi connectivity index (χ0) is 60.3. The maximum absolute atomic E-state index is 14.0. The van der Waals surface area contributed by atoms with Gasteiger partial charge in [-0.3, -0.25) is 14.4 Å². The molecule has 0 radical (unpaired) electrons. The van der Waals surface area contributed by atoms with Crippen LogP contribution in [0.4, 0.5) is 0 Å². The lowest BCUT2D eigenvalue weighted by atomic mass is 9.73. The Kier molecular flexibility index (Phi) is 17.7. The van der Waals surface area contributed by atoms with Gasteiger partial charge in [-0.15, -0.1) is 0 Å². The average molecular weight is 1160 g/mol. The van der Waals surface area contributed by atoms with E-state index in [-0.39, 0.29) is 35.2 Å². The highest BCUT2D eigenvalue weighted by Crippen LogP contribution is 2.63. The summed E-state index contributed by atoms with van der Waals surface area (Å²) in [5.41, 5.74) is 3.45. The van der Waals surface area contributed by atoms with E-state index < -0.39 is 66.4 Å². The van der Waals surface area contributed by atoms with Crippen LogP contribution in [0.3, 0.4) is 0 Å². The highest BCUT2D eigenvalue weighted by molar-refractivity contribution is 5.74. The molecule has 3 aliphatic heterocycles. The molecule has 6 aromatic rings. The van der Waals surface area contributed by atoms with Crippen molar-refractivity contribution in [2.75, 3.05) is 85.3 Å². The Hall–Kier alpha value is -9.27. The average Bonchev–Trinajstić information content (AvgIpc) is 1.15. The molecule has 446 valence electrons. The standard InChI is InChI=1S/C63H68O21/c1-30(64)79-50-27-37-41(71-8)28-46(76-13)52(60(37)84-57(50)33-16-19-38(68-5)42(22-33)72-9)56-54-49(83-59(63(56)81-32(3)66)35-18-21-40(70-7)44(24-35)74-11)29-47(77-14)53(61(54)78-15)55-51-45(75-12)25-36(67-4)26-48(51)82-58(62(55)80-31(2)65)34-17-20-39(69-6)43(23-34)73-10/h16-26,28-29,50,55-59,62-63H,27H2,1-15H3. The Morgan fingerprint density at radius 3 is 1.21 bits per heavy atom. The lowest BCUT2D eigenvalue weighted by molar-refractivity contribution is -0.154. The molecule has 6 aromatic carbocycles. The quantitative estimate of drug-likeness (QED) is 0.0513. The van der Waals surface area contributed by atoms with Gasteiger partial charge in [0.05, 0.1) is 97.2 Å². The molecule has 9 rings (SSSR count). The zero-order valence-corrected chi connectivity index (χ0v) is 49.4. The van der Waals surface area contributed by atoms with E-state index in [1.807, 2.05) is 0 Å². The molecular formula is C63H68O21. The van der Waals surface area contributed by atoms with E-state index in [0.717, 1.165) is 0 Å². The van der Waals surface area contributed by atoms with Crippen LogP contribution in [0.15, 0.2) is 78.9 Å². The number of fused-ring (bicyclic) bond motifs is 3. The van der Waals surface area contributed by atoms with Crippen molar-refractivity contribution in [3.8, 4) is 86.2 Å². The van der Waals surface area contributed by atoms with E-state index in [1.165, 1.54) is 106 Å². The lowest BCUT2D eigenvalue weighted by Crippen LogP contribution is -2.41. The molecule has 0 saturated carbocycles. The van der Waals surface area contributed by atoms with Crippen molar-refractivity contribution in [3.63, 3.8) is 0 Å². The normalized spacial score (nSPS) is 20.0. The Bertz CT molecular complexity index is 3450. The molecule has 0 spiro atoms. The van der Waals surface area contributed by atoms with E-state index in [1.54, 1.807) is 78.9 Å². The number of carbonyl (C=O) groups is 3. The van der Waals surface area contributed by atoms with Gasteiger partial charge >= 0.3 is 17.9 Å². The number of methoxy groups -OCH3 is 12. The maximum Gasteiger partial charge on any atom is 0.303 e. The second-order valence-corrected chi connectivity index (χ2v) is 19.6. The number of esters is 3. The smallest absolute Gasteiger partial charge is 0.303 e. The third-order valence-corrected chi connectivity index (χ3v) is 15.1. The second-order valence-electron chi connectivity index (χ2n) is 19.6. The first kappa shape index (κ1) is 59.4. The van der Waals surface area contributed by atoms with Gasteiger partial charge in [-0.1, -0.05) is 18.2 Å². The Labute approximate surface area is 486 Å². The first-order valence-corrected chi connectivity index (χ1v) is 26.6. The Morgan fingerprint density at radius 1 is 0.369 bits per heavy atom. The first-order valence-electron chi connectivity index (χ1n) is 26.6. The largest absolute Gasteiger partial charge is 0.496 e. The van der Waals surface area contributed by atoms with Gasteiger partial charge in [0.2, 0.25) is 0 Å². The van der Waals surface area contributed by atoms with Crippen LogP contribution < -0.4 is 71.1 Å². The maximum atomic E-state index is 14.0. The van der Waals surface area contributed by atoms with E-state index in [4.69, 9.17) is 85.3 Å². The van der Waals surface area contributed by atoms with Gasteiger partial charge in [-0.25, -0.2) is 0 Å². The molecule has 0 amide bonds. The summed E-state index contributed by atoms with van der Waals surface area (Å²) >= 11 is 0. The molecule has 0 saturated heterocycles. The topological polar surface area (TPSA) is 217 Å². The number of carbonyl (C=O) groups excluding carboxylic acids is 3. The molecule has 3 aliphatic rings. The summed E-state index contributed by atoms with van der Waals surface area (Å²) in [6.07, 6.45) is -6.69. The summed E-state index contributed by atoms with van der Waals surface area (Å²) in [6, 6.07) is 22.5. The Balaban J connectivity index is 1.43. The molecular weight excluding hydrogens is 1090 g/mol. The molecule has 3 heterocycles. The van der Waals surface area contributed by atoms with Crippen molar-refractivity contribution in [1.82, 2.24) is 0 Å². The summed E-state index contributed by atoms with van der Waals surface area (Å²) < 4.78 is 113. The third kappa shape index (κ3) is 10.8. The zero-order valence-electron chi connectivity index (χ0n) is 49.4. The highest BCUT2D eigenvalue weighted by atomic mass is 16.6. The highest BCUT2D eigenvalue weighted by Gasteiger charge is 2.53. The summed E-state index contributed by atoms with van der Waals surface area (Å²) in [5.74, 6) is 0.541. The lowest BCUT2D eigenvalue weighted by Gasteiger charge is -2.44. The predicted octanol–water partition coefficient (Wildman–Crippen LogP) is 9.79. The number of benzene rings is 6. The van der Waals surface area contributed by atoms with E-state index in [2.05, 4.69) is 0 Å². The fourth-order valence-corrected chi connectivity index (χ4v) is 11.7. The second kappa shape index (κ2) is 25.1. The van der Waals surface area contributed by atoms with Crippen LogP contribution in [0.25, 0.3) is 0 Å². The van der Waals surface area contributed by atoms with E-state index >= 15 is 0 Å². The van der Waals surface area contributed by atoms with Gasteiger partial charge < -0.3 is 85.3 Å². The fourth-order valence-electron chi connectivity index (χ4n) is 11.7. The number of hydrogen-bond acceptors (Lipinski definition) is 21. The minimum absolute atomic E-state index is 0.0518. The van der Waals surface area contributed by atoms with Crippen molar-refractivity contribution in [2.45, 2.75) is 75.7 Å². The molecule has 21 nitrogen and oxygen atoms in total. The van der Waals surface area contributed by atoms with E-state index in [9.17, 15) is 14.4 Å². The van der Waals surface area contributed by atoms with Crippen LogP contribution in [0.1, 0.15) is 95.4 Å². The van der Waals surface area contributed by atoms with Crippen LogP contribution in [-0.2, 0) is 35.0 Å². The van der Waals surface area contributed by atoms with Gasteiger partial charge in [-0.2, -0.15) is 0 Å². The summed E-state index contributed by atoms with van der Waals surface area (Å²) in [7, 11) is 18.1. The molecule has 84 heavy (non-hydrogen) atoms. The SMILES string of the molecule is COc1cc(OC)c2c(c1)OC(c1ccc(OC)c(OC)c1)C(OC(C)=O)C2c1c(OC)cc2c(c1OC)C(c1c(OC)cc(OC)c3c1OC(c1ccc(OC)c(OC)c1)C(OC(C)=O)C3)C(OC(C)=O)C(c1ccc(OC)c(OC)c1)O2. The van der Waals surface area contributed by atoms with Crippen LogP contribution >= 0.6 is 0 Å². The van der Waals surface area contributed by atoms with Crippen LogP contribution in [0.5, 0.6) is 86.2 Å². The Morgan fingerprint density at radius 2 is 0.786 bits per heavy atom. The first-order chi connectivity index (χ1) is 40.6. The molecule has 0 aromatic heterocycles. The molecule has 0 N–H and O–H groups in total. The number of ether oxygens (including phenoxy) is 18. The van der Waals surface area contributed by atoms with Crippen molar-refractivity contribution >= 4 is 17.9 Å².